The Labute approximate surface area is 127 Å². The first-order chi connectivity index (χ1) is 9.28. The lowest BCUT2D eigenvalue weighted by molar-refractivity contribution is 0.0321. The van der Waals surface area contributed by atoms with Crippen molar-refractivity contribution in [3.05, 3.63) is 0 Å². The highest BCUT2D eigenvalue weighted by Gasteiger charge is 2.43. The first kappa shape index (κ1) is 16.6. The number of sulfone groups is 1. The highest BCUT2D eigenvalue weighted by Crippen LogP contribution is 2.42. The number of hydrogen-bond donors (Lipinski definition) is 1. The van der Waals surface area contributed by atoms with Gasteiger partial charge in [0.15, 0.2) is 9.84 Å². The summed E-state index contributed by atoms with van der Waals surface area (Å²) in [6.45, 7) is 7.46. The molecule has 0 aromatic carbocycles. The molecule has 20 heavy (non-hydrogen) atoms. The van der Waals surface area contributed by atoms with Crippen molar-refractivity contribution in [2.45, 2.75) is 45.1 Å². The number of nitrogens with zero attached hydrogens (tertiary/aromatic N) is 1. The lowest BCUT2D eigenvalue weighted by Gasteiger charge is -2.37. The Kier molecular flexibility index (Phi) is 5.10. The predicted molar refractivity (Wildman–Crippen MR) is 84.7 cm³/mol. The molecule has 1 N–H and O–H groups in total. The van der Waals surface area contributed by atoms with E-state index in [2.05, 4.69) is 18.7 Å². The van der Waals surface area contributed by atoms with Crippen LogP contribution in [0.15, 0.2) is 0 Å². The number of thioether (sulfide) groups is 1. The smallest absolute Gasteiger partial charge is 0.166 e. The quantitative estimate of drug-likeness (QED) is 0.852. The van der Waals surface area contributed by atoms with Gasteiger partial charge in [-0.25, -0.2) is 8.42 Å². The van der Waals surface area contributed by atoms with Crippen LogP contribution in [-0.2, 0) is 9.84 Å². The van der Waals surface area contributed by atoms with Crippen LogP contribution in [0.4, 0.5) is 0 Å². The Hall–Kier alpha value is 0.220. The highest BCUT2D eigenvalue weighted by atomic mass is 32.2. The summed E-state index contributed by atoms with van der Waals surface area (Å²) < 4.78 is 24.5. The molecule has 6 heteroatoms. The van der Waals surface area contributed by atoms with Gasteiger partial charge in [-0.3, -0.25) is 4.90 Å². The van der Waals surface area contributed by atoms with Crippen molar-refractivity contribution in [2.75, 3.05) is 30.3 Å². The van der Waals surface area contributed by atoms with E-state index in [1.165, 1.54) is 0 Å². The van der Waals surface area contributed by atoms with E-state index >= 15 is 0 Å². The van der Waals surface area contributed by atoms with E-state index in [9.17, 15) is 13.5 Å². The molecule has 2 aliphatic rings. The van der Waals surface area contributed by atoms with Gasteiger partial charge in [0.25, 0.3) is 0 Å². The normalized spacial score (nSPS) is 35.3. The Morgan fingerprint density at radius 2 is 2.10 bits per heavy atom. The van der Waals surface area contributed by atoms with Crippen LogP contribution in [0.1, 0.15) is 33.6 Å². The summed E-state index contributed by atoms with van der Waals surface area (Å²) >= 11 is 1.72. The Morgan fingerprint density at radius 1 is 1.40 bits per heavy atom. The molecule has 1 aliphatic heterocycles. The second-order valence-corrected chi connectivity index (χ2v) is 10.3. The Bertz CT molecular complexity index is 436. The van der Waals surface area contributed by atoms with Crippen molar-refractivity contribution >= 4 is 21.6 Å². The van der Waals surface area contributed by atoms with Crippen LogP contribution in [0.25, 0.3) is 0 Å². The van der Waals surface area contributed by atoms with Gasteiger partial charge in [0.2, 0.25) is 0 Å². The van der Waals surface area contributed by atoms with E-state index in [1.807, 2.05) is 0 Å². The topological polar surface area (TPSA) is 57.6 Å². The molecule has 0 amide bonds. The predicted octanol–water partition coefficient (Wildman–Crippen LogP) is 1.59. The molecule has 0 aromatic rings. The van der Waals surface area contributed by atoms with Gasteiger partial charge < -0.3 is 5.11 Å². The maximum Gasteiger partial charge on any atom is 0.166 e. The van der Waals surface area contributed by atoms with Crippen molar-refractivity contribution in [3.63, 3.8) is 0 Å². The second kappa shape index (κ2) is 6.15. The van der Waals surface area contributed by atoms with Gasteiger partial charge in [-0.15, -0.1) is 0 Å². The van der Waals surface area contributed by atoms with Gasteiger partial charge in [0.05, 0.1) is 6.10 Å². The van der Waals surface area contributed by atoms with Crippen LogP contribution in [0, 0.1) is 11.3 Å². The average molecular weight is 322 g/mol. The maximum atomic E-state index is 12.2. The standard InChI is InChI=1S/C14H27NO3S2/c1-4-20(17,18)12-10-19-8-7-15(12)9-11-5-6-14(2,3)13(11)16/h11-13,16H,4-10H2,1-3H3. The van der Waals surface area contributed by atoms with E-state index in [4.69, 9.17) is 0 Å². The fourth-order valence-electron chi connectivity index (χ4n) is 3.34. The largest absolute Gasteiger partial charge is 0.392 e. The third-order valence-corrected chi connectivity index (χ3v) is 8.22. The maximum absolute atomic E-state index is 12.2. The van der Waals surface area contributed by atoms with E-state index in [1.54, 1.807) is 18.7 Å². The average Bonchev–Trinajstić information content (AvgIpc) is 2.66. The minimum atomic E-state index is -3.03. The monoisotopic (exact) mass is 321 g/mol. The molecule has 1 aliphatic carbocycles. The molecular formula is C14H27NO3S2. The van der Waals surface area contributed by atoms with Crippen molar-refractivity contribution in [1.29, 1.82) is 0 Å². The van der Waals surface area contributed by atoms with E-state index in [0.29, 0.717) is 5.75 Å². The minimum absolute atomic E-state index is 0.0334. The first-order valence-corrected chi connectivity index (χ1v) is 10.4. The molecule has 3 atom stereocenters. The van der Waals surface area contributed by atoms with Crippen molar-refractivity contribution in [1.82, 2.24) is 4.90 Å². The molecule has 2 rings (SSSR count). The summed E-state index contributed by atoms with van der Waals surface area (Å²) in [7, 11) is -3.03. The third kappa shape index (κ3) is 3.34. The minimum Gasteiger partial charge on any atom is -0.392 e. The number of aliphatic hydroxyl groups is 1. The van der Waals surface area contributed by atoms with Crippen molar-refractivity contribution in [2.24, 2.45) is 11.3 Å². The number of hydrogen-bond acceptors (Lipinski definition) is 5. The van der Waals surface area contributed by atoms with Gasteiger partial charge in [0, 0.05) is 30.3 Å². The summed E-state index contributed by atoms with van der Waals surface area (Å²) in [5.74, 6) is 2.07. The molecule has 4 nitrogen and oxygen atoms in total. The van der Waals surface area contributed by atoms with Crippen molar-refractivity contribution in [3.8, 4) is 0 Å². The Balaban J connectivity index is 2.07. The molecule has 0 aromatic heterocycles. The van der Waals surface area contributed by atoms with Crippen LogP contribution < -0.4 is 0 Å². The highest BCUT2D eigenvalue weighted by molar-refractivity contribution is 8.01. The SMILES string of the molecule is CCS(=O)(=O)C1CSCCN1CC1CCC(C)(C)C1O. The lowest BCUT2D eigenvalue weighted by atomic mass is 9.87. The molecule has 118 valence electrons. The van der Waals surface area contributed by atoms with Gasteiger partial charge >= 0.3 is 0 Å². The van der Waals surface area contributed by atoms with Crippen LogP contribution in [0.5, 0.6) is 0 Å². The van der Waals surface area contributed by atoms with Crippen LogP contribution in [0.3, 0.4) is 0 Å². The Morgan fingerprint density at radius 3 is 2.65 bits per heavy atom. The number of aliphatic hydroxyl groups excluding tert-OH is 1. The summed E-state index contributed by atoms with van der Waals surface area (Å²) in [4.78, 5) is 2.10. The molecule has 1 heterocycles. The molecule has 0 bridgehead atoms. The summed E-state index contributed by atoms with van der Waals surface area (Å²) in [6.07, 6.45) is 1.70. The van der Waals surface area contributed by atoms with Crippen LogP contribution >= 0.6 is 11.8 Å². The summed E-state index contributed by atoms with van der Waals surface area (Å²) in [5, 5.41) is 10.1. The lowest BCUT2D eigenvalue weighted by Crippen LogP contribution is -2.50. The van der Waals surface area contributed by atoms with Crippen LogP contribution in [-0.4, -0.2) is 60.3 Å². The molecule has 0 spiro atoms. The molecule has 0 radical (unpaired) electrons. The summed E-state index contributed by atoms with van der Waals surface area (Å²) in [6, 6.07) is 0. The molecular weight excluding hydrogens is 294 g/mol. The molecule has 2 fully saturated rings. The van der Waals surface area contributed by atoms with E-state index < -0.39 is 9.84 Å². The summed E-state index contributed by atoms with van der Waals surface area (Å²) in [5.41, 5.74) is -0.0334. The van der Waals surface area contributed by atoms with Crippen LogP contribution in [0.2, 0.25) is 0 Å². The fraction of sp³-hybridized carbons (Fsp3) is 1.00. The molecule has 3 unspecified atom stereocenters. The fourth-order valence-corrected chi connectivity index (χ4v) is 6.43. The van der Waals surface area contributed by atoms with Crippen molar-refractivity contribution < 1.29 is 13.5 Å². The molecule has 1 saturated heterocycles. The van der Waals surface area contributed by atoms with Gasteiger partial charge in [-0.05, 0) is 24.2 Å². The zero-order valence-corrected chi connectivity index (χ0v) is 14.3. The third-order valence-electron chi connectivity index (χ3n) is 4.88. The molecule has 1 saturated carbocycles. The van der Waals surface area contributed by atoms with Gasteiger partial charge in [-0.2, -0.15) is 11.8 Å². The van der Waals surface area contributed by atoms with Gasteiger partial charge in [-0.1, -0.05) is 20.8 Å². The first-order valence-electron chi connectivity index (χ1n) is 7.49. The number of rotatable bonds is 4. The van der Waals surface area contributed by atoms with Gasteiger partial charge in [0.1, 0.15) is 5.37 Å². The van der Waals surface area contributed by atoms with E-state index in [0.717, 1.165) is 31.7 Å². The van der Waals surface area contributed by atoms with E-state index in [-0.39, 0.29) is 28.6 Å². The zero-order chi connectivity index (χ0) is 15.0. The zero-order valence-electron chi connectivity index (χ0n) is 12.7. The second-order valence-electron chi connectivity index (χ2n) is 6.71.